The van der Waals surface area contributed by atoms with Gasteiger partial charge in [0.15, 0.2) is 0 Å². The molecule has 18 heavy (non-hydrogen) atoms. The summed E-state index contributed by atoms with van der Waals surface area (Å²) in [5.74, 6) is -0.880. The zero-order valence-electron chi connectivity index (χ0n) is 11.0. The lowest BCUT2D eigenvalue weighted by atomic mass is 10.6. The molecule has 104 valence electrons. The van der Waals surface area contributed by atoms with Crippen LogP contribution in [0.25, 0.3) is 0 Å². The van der Waals surface area contributed by atoms with Crippen molar-refractivity contribution in [2.24, 2.45) is 0 Å². The van der Waals surface area contributed by atoms with Gasteiger partial charge < -0.3 is 18.9 Å². The third kappa shape index (κ3) is 14.3. The van der Waals surface area contributed by atoms with Gasteiger partial charge in [-0.1, -0.05) is 13.2 Å². The Morgan fingerprint density at radius 1 is 1.11 bits per heavy atom. The topological polar surface area (TPSA) is 71.1 Å². The van der Waals surface area contributed by atoms with E-state index in [4.69, 9.17) is 14.2 Å². The lowest BCUT2D eigenvalue weighted by molar-refractivity contribution is -0.170. The van der Waals surface area contributed by atoms with Crippen LogP contribution in [0.4, 0.5) is 0 Å². The SMILES string of the molecule is C=CC(=O)OC.C=CC(=O)OC(C)OCCOC. The summed E-state index contributed by atoms with van der Waals surface area (Å²) >= 11 is 0. The predicted molar refractivity (Wildman–Crippen MR) is 65.8 cm³/mol. The number of esters is 2. The highest BCUT2D eigenvalue weighted by Crippen LogP contribution is 1.94. The molecule has 0 aromatic rings. The minimum absolute atomic E-state index is 0.394. The quantitative estimate of drug-likeness (QED) is 0.295. The minimum Gasteiger partial charge on any atom is -0.466 e. The molecule has 0 radical (unpaired) electrons. The van der Waals surface area contributed by atoms with Crippen molar-refractivity contribution in [2.45, 2.75) is 13.2 Å². The van der Waals surface area contributed by atoms with E-state index >= 15 is 0 Å². The van der Waals surface area contributed by atoms with Gasteiger partial charge in [-0.05, 0) is 6.92 Å². The third-order valence-electron chi connectivity index (χ3n) is 1.46. The molecular formula is C12H20O6. The number of ether oxygens (including phenoxy) is 4. The fraction of sp³-hybridized carbons (Fsp3) is 0.500. The first-order valence-electron chi connectivity index (χ1n) is 5.15. The molecule has 1 unspecified atom stereocenters. The summed E-state index contributed by atoms with van der Waals surface area (Å²) in [7, 11) is 2.88. The number of methoxy groups -OCH3 is 2. The van der Waals surface area contributed by atoms with E-state index in [0.29, 0.717) is 13.2 Å². The Morgan fingerprint density at radius 2 is 1.67 bits per heavy atom. The molecule has 0 aliphatic heterocycles. The number of carbonyl (C=O) groups excluding carboxylic acids is 2. The average Bonchev–Trinajstić information content (AvgIpc) is 2.38. The van der Waals surface area contributed by atoms with E-state index in [2.05, 4.69) is 17.9 Å². The zero-order valence-corrected chi connectivity index (χ0v) is 11.0. The largest absolute Gasteiger partial charge is 0.466 e. The lowest BCUT2D eigenvalue weighted by Gasteiger charge is -2.11. The summed E-state index contributed by atoms with van der Waals surface area (Å²) in [5, 5.41) is 0. The molecule has 6 nitrogen and oxygen atoms in total. The fourth-order valence-electron chi connectivity index (χ4n) is 0.626. The molecule has 0 heterocycles. The average molecular weight is 260 g/mol. The van der Waals surface area contributed by atoms with Crippen LogP contribution in [0.1, 0.15) is 6.92 Å². The first-order valence-corrected chi connectivity index (χ1v) is 5.15. The second-order valence-corrected chi connectivity index (χ2v) is 2.80. The van der Waals surface area contributed by atoms with Crippen LogP contribution in [0.15, 0.2) is 25.3 Å². The molecular weight excluding hydrogens is 240 g/mol. The number of hydrogen-bond acceptors (Lipinski definition) is 6. The first-order chi connectivity index (χ1) is 8.51. The maximum Gasteiger partial charge on any atom is 0.332 e. The highest BCUT2D eigenvalue weighted by Gasteiger charge is 2.04. The van der Waals surface area contributed by atoms with E-state index in [1.807, 2.05) is 0 Å². The highest BCUT2D eigenvalue weighted by atomic mass is 16.7. The molecule has 0 aromatic heterocycles. The van der Waals surface area contributed by atoms with Crippen LogP contribution in [-0.4, -0.2) is 45.7 Å². The molecule has 1 atom stereocenters. The van der Waals surface area contributed by atoms with Gasteiger partial charge in [0, 0.05) is 19.3 Å². The second-order valence-electron chi connectivity index (χ2n) is 2.80. The third-order valence-corrected chi connectivity index (χ3v) is 1.46. The van der Waals surface area contributed by atoms with Crippen LogP contribution in [0.5, 0.6) is 0 Å². The van der Waals surface area contributed by atoms with Gasteiger partial charge in [-0.2, -0.15) is 0 Å². The van der Waals surface area contributed by atoms with Crippen molar-refractivity contribution in [1.29, 1.82) is 0 Å². The molecule has 0 aliphatic carbocycles. The summed E-state index contributed by atoms with van der Waals surface area (Å²) < 4.78 is 18.6. The molecule has 0 aliphatic rings. The smallest absolute Gasteiger partial charge is 0.332 e. The van der Waals surface area contributed by atoms with Gasteiger partial charge in [0.05, 0.1) is 20.3 Å². The zero-order chi connectivity index (χ0) is 14.4. The molecule has 0 spiro atoms. The van der Waals surface area contributed by atoms with Crippen LogP contribution in [-0.2, 0) is 28.5 Å². The van der Waals surface area contributed by atoms with Gasteiger partial charge in [0.2, 0.25) is 6.29 Å². The van der Waals surface area contributed by atoms with Crippen molar-refractivity contribution >= 4 is 11.9 Å². The van der Waals surface area contributed by atoms with Gasteiger partial charge in [-0.15, -0.1) is 0 Å². The number of rotatable bonds is 7. The maximum absolute atomic E-state index is 10.6. The number of hydrogen-bond donors (Lipinski definition) is 0. The van der Waals surface area contributed by atoms with E-state index in [1.54, 1.807) is 14.0 Å². The molecule has 0 aromatic carbocycles. The van der Waals surface area contributed by atoms with Gasteiger partial charge in [0.25, 0.3) is 0 Å². The van der Waals surface area contributed by atoms with Crippen LogP contribution in [0, 0.1) is 0 Å². The fourth-order valence-corrected chi connectivity index (χ4v) is 0.626. The monoisotopic (exact) mass is 260 g/mol. The highest BCUT2D eigenvalue weighted by molar-refractivity contribution is 5.81. The van der Waals surface area contributed by atoms with Crippen LogP contribution in [0.3, 0.4) is 0 Å². The van der Waals surface area contributed by atoms with Crippen molar-refractivity contribution in [1.82, 2.24) is 0 Å². The first kappa shape index (κ1) is 18.7. The molecule has 0 rings (SSSR count). The molecule has 0 saturated carbocycles. The molecule has 6 heteroatoms. The lowest BCUT2D eigenvalue weighted by Crippen LogP contribution is -2.18. The summed E-state index contributed by atoms with van der Waals surface area (Å²) in [4.78, 5) is 20.4. The van der Waals surface area contributed by atoms with Crippen LogP contribution in [0.2, 0.25) is 0 Å². The molecule has 0 N–H and O–H groups in total. The van der Waals surface area contributed by atoms with Crippen molar-refractivity contribution < 1.29 is 28.5 Å². The Labute approximate surface area is 107 Å². The van der Waals surface area contributed by atoms with E-state index < -0.39 is 18.2 Å². The summed E-state index contributed by atoms with van der Waals surface area (Å²) in [6.07, 6.45) is 1.65. The van der Waals surface area contributed by atoms with Gasteiger partial charge in [0.1, 0.15) is 0 Å². The Morgan fingerprint density at radius 3 is 2.00 bits per heavy atom. The van der Waals surface area contributed by atoms with E-state index in [0.717, 1.165) is 12.2 Å². The molecule has 0 bridgehead atoms. The van der Waals surface area contributed by atoms with Crippen molar-refractivity contribution in [3.63, 3.8) is 0 Å². The van der Waals surface area contributed by atoms with E-state index in [-0.39, 0.29) is 0 Å². The molecule has 0 fully saturated rings. The minimum atomic E-state index is -0.550. The summed E-state index contributed by atoms with van der Waals surface area (Å²) in [6, 6.07) is 0. The standard InChI is InChI=1S/C8H14O4.C4H6O2/c1-4-8(9)12-7(2)11-6-5-10-3;1-3-4(5)6-2/h4,7H,1,5-6H2,2-3H3;3H,1H2,2H3. The van der Waals surface area contributed by atoms with Crippen molar-refractivity contribution in [3.05, 3.63) is 25.3 Å². The second kappa shape index (κ2) is 13.4. The molecule has 0 saturated heterocycles. The Bertz CT molecular complexity index is 261. The van der Waals surface area contributed by atoms with Crippen LogP contribution >= 0.6 is 0 Å². The van der Waals surface area contributed by atoms with Crippen LogP contribution < -0.4 is 0 Å². The van der Waals surface area contributed by atoms with Crippen molar-refractivity contribution in [3.8, 4) is 0 Å². The summed E-state index contributed by atoms with van der Waals surface area (Å²) in [5.41, 5.74) is 0. The van der Waals surface area contributed by atoms with Gasteiger partial charge >= 0.3 is 11.9 Å². The Kier molecular flexibility index (Phi) is 13.9. The molecule has 0 amide bonds. The summed E-state index contributed by atoms with van der Waals surface area (Å²) in [6.45, 7) is 8.94. The predicted octanol–water partition coefficient (Wildman–Crippen LogP) is 1.07. The Balaban J connectivity index is 0. The maximum atomic E-state index is 10.6. The van der Waals surface area contributed by atoms with E-state index in [1.165, 1.54) is 7.11 Å². The Hall–Kier alpha value is -1.66. The van der Waals surface area contributed by atoms with E-state index in [9.17, 15) is 9.59 Å². The number of carbonyl (C=O) groups is 2. The van der Waals surface area contributed by atoms with Gasteiger partial charge in [-0.3, -0.25) is 0 Å². The van der Waals surface area contributed by atoms with Crippen molar-refractivity contribution in [2.75, 3.05) is 27.4 Å². The normalized spacial score (nSPS) is 10.4. The van der Waals surface area contributed by atoms with Gasteiger partial charge in [-0.25, -0.2) is 9.59 Å².